The van der Waals surface area contributed by atoms with E-state index < -0.39 is 0 Å². The summed E-state index contributed by atoms with van der Waals surface area (Å²) in [6.07, 6.45) is 0.910. The third-order valence-corrected chi connectivity index (χ3v) is 2.36. The van der Waals surface area contributed by atoms with Crippen LogP contribution in [0.2, 0.25) is 0 Å². The second kappa shape index (κ2) is 5.09. The van der Waals surface area contributed by atoms with Gasteiger partial charge in [-0.05, 0) is 37.1 Å². The first-order valence-corrected chi connectivity index (χ1v) is 5.48. The van der Waals surface area contributed by atoms with E-state index in [4.69, 9.17) is 0 Å². The summed E-state index contributed by atoms with van der Waals surface area (Å²) in [5, 5.41) is 0.949. The minimum Gasteiger partial charge on any atom is -0.0970 e. The van der Waals surface area contributed by atoms with Gasteiger partial charge in [-0.2, -0.15) is 0 Å². The molecule has 0 heterocycles. The van der Waals surface area contributed by atoms with Gasteiger partial charge in [-0.3, -0.25) is 0 Å². The molecule has 1 heteroatoms. The molecule has 68 valence electrons. The molecule has 0 aliphatic rings. The van der Waals surface area contributed by atoms with Crippen LogP contribution >= 0.6 is 15.9 Å². The van der Waals surface area contributed by atoms with E-state index in [-0.39, 0.29) is 0 Å². The zero-order valence-electron chi connectivity index (χ0n) is 8.02. The Morgan fingerprint density at radius 1 is 1.23 bits per heavy atom. The second-order valence-electron chi connectivity index (χ2n) is 3.04. The summed E-state index contributed by atoms with van der Waals surface area (Å²) < 4.78 is 0. The maximum atomic E-state index is 3.35. The number of aryl methyl sites for hydroxylation is 2. The zero-order chi connectivity index (χ0) is 9.68. The predicted molar refractivity (Wildman–Crippen MR) is 61.2 cm³/mol. The van der Waals surface area contributed by atoms with Crippen molar-refractivity contribution in [3.05, 3.63) is 34.9 Å². The third kappa shape index (κ3) is 3.24. The fourth-order valence-electron chi connectivity index (χ4n) is 1.03. The van der Waals surface area contributed by atoms with Crippen LogP contribution in [0.5, 0.6) is 0 Å². The lowest BCUT2D eigenvalue weighted by Crippen LogP contribution is -1.82. The maximum Gasteiger partial charge on any atom is 0.0248 e. The van der Waals surface area contributed by atoms with E-state index in [0.717, 1.165) is 17.3 Å². The number of hydrogen-bond donors (Lipinski definition) is 0. The Balaban J connectivity index is 2.81. The highest BCUT2D eigenvalue weighted by Crippen LogP contribution is 2.08. The van der Waals surface area contributed by atoms with Gasteiger partial charge in [-0.1, -0.05) is 33.8 Å². The van der Waals surface area contributed by atoms with E-state index >= 15 is 0 Å². The van der Waals surface area contributed by atoms with Gasteiger partial charge in [0, 0.05) is 17.3 Å². The molecule has 1 rings (SSSR count). The highest BCUT2D eigenvalue weighted by atomic mass is 79.9. The lowest BCUT2D eigenvalue weighted by atomic mass is 10.1. The Morgan fingerprint density at radius 2 is 2.00 bits per heavy atom. The van der Waals surface area contributed by atoms with Gasteiger partial charge in [0.25, 0.3) is 0 Å². The molecule has 0 bridgehead atoms. The first kappa shape index (κ1) is 10.3. The van der Waals surface area contributed by atoms with Crippen LogP contribution in [0.15, 0.2) is 18.2 Å². The Labute approximate surface area is 88.5 Å². The maximum absolute atomic E-state index is 3.35. The van der Waals surface area contributed by atoms with Crippen LogP contribution in [0.3, 0.4) is 0 Å². The quantitative estimate of drug-likeness (QED) is 0.518. The molecule has 0 atom stereocenters. The molecule has 0 aromatic heterocycles. The monoisotopic (exact) mass is 236 g/mol. The first-order chi connectivity index (χ1) is 6.24. The molecule has 0 aliphatic carbocycles. The second-order valence-corrected chi connectivity index (χ2v) is 3.83. The molecular weight excluding hydrogens is 224 g/mol. The van der Waals surface area contributed by atoms with Crippen molar-refractivity contribution in [3.8, 4) is 11.8 Å². The van der Waals surface area contributed by atoms with Gasteiger partial charge in [-0.25, -0.2) is 0 Å². The Bertz CT molecular complexity index is 342. The van der Waals surface area contributed by atoms with Gasteiger partial charge >= 0.3 is 0 Å². The van der Waals surface area contributed by atoms with Gasteiger partial charge in [0.1, 0.15) is 0 Å². The number of alkyl halides is 1. The van der Waals surface area contributed by atoms with Crippen LogP contribution in [-0.4, -0.2) is 5.33 Å². The highest BCUT2D eigenvalue weighted by Gasteiger charge is 1.91. The van der Waals surface area contributed by atoms with Crippen molar-refractivity contribution >= 4 is 15.9 Å². The molecule has 0 spiro atoms. The molecule has 0 fully saturated rings. The molecule has 0 N–H and O–H groups in total. The van der Waals surface area contributed by atoms with E-state index in [0.29, 0.717) is 0 Å². The van der Waals surface area contributed by atoms with Crippen molar-refractivity contribution in [1.29, 1.82) is 0 Å². The summed E-state index contributed by atoms with van der Waals surface area (Å²) >= 11 is 3.35. The van der Waals surface area contributed by atoms with Crippen molar-refractivity contribution in [2.75, 3.05) is 5.33 Å². The van der Waals surface area contributed by atoms with Gasteiger partial charge in [0.2, 0.25) is 0 Å². The van der Waals surface area contributed by atoms with Crippen LogP contribution in [0, 0.1) is 25.7 Å². The van der Waals surface area contributed by atoms with Crippen molar-refractivity contribution in [1.82, 2.24) is 0 Å². The lowest BCUT2D eigenvalue weighted by molar-refractivity contribution is 1.31. The summed E-state index contributed by atoms with van der Waals surface area (Å²) in [7, 11) is 0. The van der Waals surface area contributed by atoms with E-state index in [1.54, 1.807) is 0 Å². The molecule has 0 radical (unpaired) electrons. The van der Waals surface area contributed by atoms with Gasteiger partial charge in [0.15, 0.2) is 0 Å². The van der Waals surface area contributed by atoms with Crippen LogP contribution < -0.4 is 0 Å². The van der Waals surface area contributed by atoms with E-state index in [2.05, 4.69) is 59.8 Å². The topological polar surface area (TPSA) is 0 Å². The number of rotatable bonds is 1. The molecule has 0 nitrogen and oxygen atoms in total. The third-order valence-electron chi connectivity index (χ3n) is 1.96. The van der Waals surface area contributed by atoms with Gasteiger partial charge in [-0.15, -0.1) is 0 Å². The average Bonchev–Trinajstić information content (AvgIpc) is 2.12. The summed E-state index contributed by atoms with van der Waals surface area (Å²) in [5.74, 6) is 6.23. The zero-order valence-corrected chi connectivity index (χ0v) is 9.61. The molecule has 0 unspecified atom stereocenters. The van der Waals surface area contributed by atoms with Crippen LogP contribution in [0.1, 0.15) is 23.1 Å². The summed E-state index contributed by atoms with van der Waals surface area (Å²) in [6.45, 7) is 4.23. The average molecular weight is 237 g/mol. The fourth-order valence-corrected chi connectivity index (χ4v) is 1.23. The predicted octanol–water partition coefficient (Wildman–Crippen LogP) is 3.44. The molecule has 1 aromatic carbocycles. The minimum atomic E-state index is 0.910. The van der Waals surface area contributed by atoms with Crippen molar-refractivity contribution in [2.24, 2.45) is 0 Å². The Hall–Kier alpha value is -0.740. The van der Waals surface area contributed by atoms with E-state index in [9.17, 15) is 0 Å². The normalized spacial score (nSPS) is 9.15. The molecule has 0 saturated carbocycles. The van der Waals surface area contributed by atoms with Crippen molar-refractivity contribution in [2.45, 2.75) is 20.3 Å². The van der Waals surface area contributed by atoms with Crippen LogP contribution in [0.25, 0.3) is 0 Å². The minimum absolute atomic E-state index is 0.910. The largest absolute Gasteiger partial charge is 0.0970 e. The van der Waals surface area contributed by atoms with Crippen molar-refractivity contribution in [3.63, 3.8) is 0 Å². The van der Waals surface area contributed by atoms with Crippen LogP contribution in [0.4, 0.5) is 0 Å². The molecular formula is C12H13Br. The van der Waals surface area contributed by atoms with Crippen molar-refractivity contribution < 1.29 is 0 Å². The van der Waals surface area contributed by atoms with Crippen LogP contribution in [-0.2, 0) is 0 Å². The standard InChI is InChI=1S/C12H13Br/c1-10-6-7-12(9-11(10)2)5-3-4-8-13/h6-7,9H,4,8H2,1-2H3. The fraction of sp³-hybridized carbons (Fsp3) is 0.333. The van der Waals surface area contributed by atoms with Gasteiger partial charge in [0.05, 0.1) is 0 Å². The number of halogens is 1. The Kier molecular flexibility index (Phi) is 4.05. The molecule has 1 aromatic rings. The first-order valence-electron chi connectivity index (χ1n) is 4.36. The highest BCUT2D eigenvalue weighted by molar-refractivity contribution is 9.09. The lowest BCUT2D eigenvalue weighted by Gasteiger charge is -1.98. The molecule has 0 aliphatic heterocycles. The Morgan fingerprint density at radius 3 is 2.62 bits per heavy atom. The summed E-state index contributed by atoms with van der Waals surface area (Å²) in [6, 6.07) is 6.33. The smallest absolute Gasteiger partial charge is 0.0248 e. The molecule has 13 heavy (non-hydrogen) atoms. The van der Waals surface area contributed by atoms with Gasteiger partial charge < -0.3 is 0 Å². The molecule has 0 saturated heterocycles. The summed E-state index contributed by atoms with van der Waals surface area (Å²) in [4.78, 5) is 0. The number of benzene rings is 1. The SMILES string of the molecule is Cc1ccc(C#CCCBr)cc1C. The molecule has 0 amide bonds. The van der Waals surface area contributed by atoms with E-state index in [1.807, 2.05) is 0 Å². The number of hydrogen-bond acceptors (Lipinski definition) is 0. The summed E-state index contributed by atoms with van der Waals surface area (Å²) in [5.41, 5.74) is 3.75. The van der Waals surface area contributed by atoms with E-state index in [1.165, 1.54) is 11.1 Å².